The molecule has 0 amide bonds. The smallest absolute Gasteiger partial charge is 0.103 e. The Kier molecular flexibility index (Phi) is 4.30. The second kappa shape index (κ2) is 5.74. The van der Waals surface area contributed by atoms with Crippen molar-refractivity contribution in [3.05, 3.63) is 28.2 Å². The van der Waals surface area contributed by atoms with E-state index in [1.54, 1.807) is 18.2 Å². The molecule has 2 rings (SSSR count). The van der Waals surface area contributed by atoms with Gasteiger partial charge in [-0.2, -0.15) is 0 Å². The van der Waals surface area contributed by atoms with E-state index in [2.05, 4.69) is 4.99 Å². The number of amidine groups is 1. The molecule has 0 atom stereocenters. The molecule has 0 aromatic heterocycles. The predicted octanol–water partition coefficient (Wildman–Crippen LogP) is 4.56. The molecule has 1 saturated carbocycles. The predicted molar refractivity (Wildman–Crippen MR) is 74.3 cm³/mol. The minimum Gasteiger partial charge on any atom is -0.387 e. The van der Waals surface area contributed by atoms with E-state index in [0.29, 0.717) is 27.5 Å². The van der Waals surface area contributed by atoms with Crippen molar-refractivity contribution in [1.29, 1.82) is 0 Å². The zero-order chi connectivity index (χ0) is 12.3. The molecule has 2 N–H and O–H groups in total. The van der Waals surface area contributed by atoms with E-state index < -0.39 is 0 Å². The van der Waals surface area contributed by atoms with Crippen LogP contribution in [0.15, 0.2) is 23.2 Å². The molecule has 2 nitrogen and oxygen atoms in total. The van der Waals surface area contributed by atoms with Gasteiger partial charge in [0.25, 0.3) is 0 Å². The number of para-hydroxylation sites is 1. The van der Waals surface area contributed by atoms with Crippen LogP contribution in [-0.4, -0.2) is 5.84 Å². The molecule has 0 saturated heterocycles. The highest BCUT2D eigenvalue weighted by Gasteiger charge is 2.17. The number of rotatable bonds is 2. The summed E-state index contributed by atoms with van der Waals surface area (Å²) in [6, 6.07) is 5.36. The van der Waals surface area contributed by atoms with E-state index in [9.17, 15) is 0 Å². The van der Waals surface area contributed by atoms with Gasteiger partial charge in [-0.3, -0.25) is 0 Å². The molecule has 0 unspecified atom stereocenters. The third kappa shape index (κ3) is 3.14. The van der Waals surface area contributed by atoms with Gasteiger partial charge in [0.2, 0.25) is 0 Å². The number of benzene rings is 1. The van der Waals surface area contributed by atoms with Crippen LogP contribution in [0.5, 0.6) is 0 Å². The first-order chi connectivity index (χ1) is 8.18. The van der Waals surface area contributed by atoms with Crippen molar-refractivity contribution >= 4 is 34.7 Å². The fourth-order valence-electron chi connectivity index (χ4n) is 2.21. The molecule has 0 heterocycles. The van der Waals surface area contributed by atoms with Crippen LogP contribution in [0.2, 0.25) is 10.0 Å². The van der Waals surface area contributed by atoms with Crippen LogP contribution in [0, 0.1) is 5.92 Å². The monoisotopic (exact) mass is 270 g/mol. The van der Waals surface area contributed by atoms with Crippen LogP contribution in [0.3, 0.4) is 0 Å². The topological polar surface area (TPSA) is 38.4 Å². The fraction of sp³-hybridized carbons (Fsp3) is 0.462. The Hall–Kier alpha value is -0.730. The van der Waals surface area contributed by atoms with E-state index in [-0.39, 0.29) is 0 Å². The molecule has 0 aliphatic heterocycles. The first-order valence-corrected chi connectivity index (χ1v) is 6.72. The first-order valence-electron chi connectivity index (χ1n) is 5.96. The van der Waals surface area contributed by atoms with E-state index >= 15 is 0 Å². The maximum atomic E-state index is 6.07. The lowest BCUT2D eigenvalue weighted by atomic mass is 9.88. The molecular weight excluding hydrogens is 255 g/mol. The van der Waals surface area contributed by atoms with Crippen molar-refractivity contribution in [3.63, 3.8) is 0 Å². The molecule has 1 aliphatic rings. The van der Waals surface area contributed by atoms with Gasteiger partial charge in [0, 0.05) is 5.92 Å². The summed E-state index contributed by atoms with van der Waals surface area (Å²) in [5.41, 5.74) is 6.65. The van der Waals surface area contributed by atoms with Crippen LogP contribution in [0.1, 0.15) is 32.1 Å². The third-order valence-corrected chi connectivity index (χ3v) is 3.81. The van der Waals surface area contributed by atoms with E-state index in [4.69, 9.17) is 28.9 Å². The Balaban J connectivity index is 2.22. The normalized spacial score (nSPS) is 18.4. The van der Waals surface area contributed by atoms with Gasteiger partial charge in [-0.25, -0.2) is 4.99 Å². The summed E-state index contributed by atoms with van der Waals surface area (Å²) in [5.74, 6) is 1.05. The van der Waals surface area contributed by atoms with Crippen LogP contribution >= 0.6 is 23.2 Å². The minimum atomic E-state index is 0.385. The number of hydrogen-bond acceptors (Lipinski definition) is 1. The quantitative estimate of drug-likeness (QED) is 0.621. The number of halogens is 2. The van der Waals surface area contributed by atoms with Crippen molar-refractivity contribution < 1.29 is 0 Å². The average Bonchev–Trinajstić information content (AvgIpc) is 2.35. The molecule has 1 fully saturated rings. The molecule has 1 aliphatic carbocycles. The molecule has 0 bridgehead atoms. The van der Waals surface area contributed by atoms with Gasteiger partial charge in [0.05, 0.1) is 10.0 Å². The van der Waals surface area contributed by atoms with Crippen molar-refractivity contribution in [2.45, 2.75) is 32.1 Å². The minimum absolute atomic E-state index is 0.385. The first kappa shape index (κ1) is 12.7. The number of aliphatic imine (C=N–C) groups is 1. The lowest BCUT2D eigenvalue weighted by Gasteiger charge is -2.21. The highest BCUT2D eigenvalue weighted by atomic mass is 35.5. The molecule has 1 aromatic carbocycles. The number of hydrogen-bond donors (Lipinski definition) is 1. The van der Waals surface area contributed by atoms with Crippen molar-refractivity contribution in [2.24, 2.45) is 16.6 Å². The summed E-state index contributed by atoms with van der Waals surface area (Å²) in [6.07, 6.45) is 6.01. The molecule has 4 heteroatoms. The number of nitrogens with two attached hydrogens (primary N) is 1. The van der Waals surface area contributed by atoms with E-state index in [1.807, 2.05) is 0 Å². The lowest BCUT2D eigenvalue weighted by Crippen LogP contribution is -2.25. The average molecular weight is 271 g/mol. The third-order valence-electron chi connectivity index (χ3n) is 3.20. The summed E-state index contributed by atoms with van der Waals surface area (Å²) < 4.78 is 0. The second-order valence-corrected chi connectivity index (χ2v) is 5.26. The molecular formula is C13H16Cl2N2. The SMILES string of the molecule is NC(=Nc1c(Cl)cccc1Cl)C1CCCCC1. The standard InChI is InChI=1S/C13H16Cl2N2/c14-10-7-4-8-11(15)12(10)17-13(16)9-5-2-1-3-6-9/h4,7-9H,1-3,5-6H2,(H2,16,17). The second-order valence-electron chi connectivity index (χ2n) is 4.44. The van der Waals surface area contributed by atoms with Crippen molar-refractivity contribution in [3.8, 4) is 0 Å². The maximum Gasteiger partial charge on any atom is 0.103 e. The molecule has 0 spiro atoms. The molecule has 92 valence electrons. The fourth-order valence-corrected chi connectivity index (χ4v) is 2.70. The van der Waals surface area contributed by atoms with Crippen molar-refractivity contribution in [2.75, 3.05) is 0 Å². The van der Waals surface area contributed by atoms with Gasteiger partial charge in [0.1, 0.15) is 11.5 Å². The summed E-state index contributed by atoms with van der Waals surface area (Å²) in [6.45, 7) is 0. The Morgan fingerprint density at radius 1 is 1.12 bits per heavy atom. The van der Waals surface area contributed by atoms with Gasteiger partial charge in [-0.1, -0.05) is 48.5 Å². The van der Waals surface area contributed by atoms with Crippen LogP contribution in [0.4, 0.5) is 5.69 Å². The van der Waals surface area contributed by atoms with Crippen LogP contribution in [0.25, 0.3) is 0 Å². The maximum absolute atomic E-state index is 6.07. The highest BCUT2D eigenvalue weighted by molar-refractivity contribution is 6.38. The Morgan fingerprint density at radius 2 is 1.71 bits per heavy atom. The zero-order valence-corrected chi connectivity index (χ0v) is 11.1. The van der Waals surface area contributed by atoms with Gasteiger partial charge in [0.15, 0.2) is 0 Å². The zero-order valence-electron chi connectivity index (χ0n) is 9.63. The van der Waals surface area contributed by atoms with Gasteiger partial charge in [-0.05, 0) is 25.0 Å². The van der Waals surface area contributed by atoms with Gasteiger partial charge in [-0.15, -0.1) is 0 Å². The number of nitrogens with zero attached hydrogens (tertiary/aromatic N) is 1. The summed E-state index contributed by atoms with van der Waals surface area (Å²) >= 11 is 12.1. The Morgan fingerprint density at radius 3 is 2.29 bits per heavy atom. The Bertz CT molecular complexity index is 403. The largest absolute Gasteiger partial charge is 0.387 e. The molecule has 0 radical (unpaired) electrons. The van der Waals surface area contributed by atoms with Gasteiger partial charge >= 0.3 is 0 Å². The summed E-state index contributed by atoms with van der Waals surface area (Å²) in [5, 5.41) is 1.10. The molecule has 1 aromatic rings. The van der Waals surface area contributed by atoms with Crippen LogP contribution in [-0.2, 0) is 0 Å². The van der Waals surface area contributed by atoms with Gasteiger partial charge < -0.3 is 5.73 Å². The van der Waals surface area contributed by atoms with Crippen LogP contribution < -0.4 is 5.73 Å². The highest BCUT2D eigenvalue weighted by Crippen LogP contribution is 2.34. The summed E-state index contributed by atoms with van der Waals surface area (Å²) in [4.78, 5) is 4.41. The molecule has 17 heavy (non-hydrogen) atoms. The van der Waals surface area contributed by atoms with Crippen molar-refractivity contribution in [1.82, 2.24) is 0 Å². The Labute approximate surface area is 112 Å². The summed E-state index contributed by atoms with van der Waals surface area (Å²) in [7, 11) is 0. The van der Waals surface area contributed by atoms with E-state index in [0.717, 1.165) is 12.8 Å². The van der Waals surface area contributed by atoms with E-state index in [1.165, 1.54) is 19.3 Å². The lowest BCUT2D eigenvalue weighted by molar-refractivity contribution is 0.437.